The molecule has 1 saturated heterocycles. The molecule has 4 nitrogen and oxygen atoms in total. The molecule has 39 heavy (non-hydrogen) atoms. The summed E-state index contributed by atoms with van der Waals surface area (Å²) in [6, 6.07) is 25.0. The molecule has 198 valence electrons. The second kappa shape index (κ2) is 11.2. The lowest BCUT2D eigenvalue weighted by Gasteiger charge is -2.15. The van der Waals surface area contributed by atoms with Gasteiger partial charge in [0, 0.05) is 29.2 Å². The lowest BCUT2D eigenvalue weighted by molar-refractivity contribution is 0.0973. The van der Waals surface area contributed by atoms with E-state index < -0.39 is 5.82 Å². The summed E-state index contributed by atoms with van der Waals surface area (Å²) in [7, 11) is 0. The normalized spacial score (nSPS) is 15.2. The number of benzene rings is 4. The summed E-state index contributed by atoms with van der Waals surface area (Å²) in [6.45, 7) is 1.58. The predicted octanol–water partition coefficient (Wildman–Crippen LogP) is 7.98. The smallest absolute Gasteiger partial charge is 0.131 e. The number of aromatic nitrogens is 2. The summed E-state index contributed by atoms with van der Waals surface area (Å²) in [5, 5.41) is 0.331. The number of hydrogen-bond donors (Lipinski definition) is 0. The first-order valence-electron chi connectivity index (χ1n) is 13.0. The molecule has 1 aliphatic rings. The minimum absolute atomic E-state index is 0.0424. The van der Waals surface area contributed by atoms with Crippen molar-refractivity contribution in [2.75, 3.05) is 6.61 Å². The van der Waals surface area contributed by atoms with Crippen LogP contribution in [0.2, 0.25) is 5.02 Å². The van der Waals surface area contributed by atoms with Crippen LogP contribution in [-0.4, -0.2) is 22.3 Å². The van der Waals surface area contributed by atoms with Crippen LogP contribution in [0.25, 0.3) is 22.2 Å². The van der Waals surface area contributed by atoms with Gasteiger partial charge >= 0.3 is 0 Å². The van der Waals surface area contributed by atoms with Gasteiger partial charge in [-0.3, -0.25) is 0 Å². The third-order valence-corrected chi connectivity index (χ3v) is 7.33. The number of rotatable bonds is 8. The summed E-state index contributed by atoms with van der Waals surface area (Å²) >= 11 is 5.83. The third kappa shape index (κ3) is 5.68. The average Bonchev–Trinajstić information content (AvgIpc) is 3.57. The maximum atomic E-state index is 15.4. The van der Waals surface area contributed by atoms with Crippen LogP contribution in [0.4, 0.5) is 8.78 Å². The molecule has 4 aromatic carbocycles. The Balaban J connectivity index is 1.21. The second-order valence-corrected chi connectivity index (χ2v) is 10.2. The molecule has 2 heterocycles. The number of halogens is 3. The number of hydrogen-bond acceptors (Lipinski definition) is 3. The van der Waals surface area contributed by atoms with Gasteiger partial charge in [-0.2, -0.15) is 0 Å². The Hall–Kier alpha value is -3.74. The number of fused-ring (bicyclic) bond motifs is 1. The molecule has 7 heteroatoms. The van der Waals surface area contributed by atoms with Gasteiger partial charge in [0.1, 0.15) is 29.8 Å². The van der Waals surface area contributed by atoms with Crippen molar-refractivity contribution in [1.82, 2.24) is 9.55 Å². The Morgan fingerprint density at radius 2 is 1.85 bits per heavy atom. The van der Waals surface area contributed by atoms with Crippen molar-refractivity contribution in [2.24, 2.45) is 0 Å². The van der Waals surface area contributed by atoms with Crippen LogP contribution < -0.4 is 4.74 Å². The van der Waals surface area contributed by atoms with E-state index in [9.17, 15) is 4.39 Å². The van der Waals surface area contributed by atoms with Crippen LogP contribution in [-0.2, 0) is 24.3 Å². The molecule has 0 bridgehead atoms. The van der Waals surface area contributed by atoms with Crippen molar-refractivity contribution in [3.05, 3.63) is 119 Å². The fourth-order valence-corrected chi connectivity index (χ4v) is 5.25. The lowest BCUT2D eigenvalue weighted by Crippen LogP contribution is -2.17. The molecule has 1 atom stereocenters. The minimum Gasteiger partial charge on any atom is -0.489 e. The van der Waals surface area contributed by atoms with Crippen LogP contribution >= 0.6 is 11.6 Å². The van der Waals surface area contributed by atoms with E-state index in [2.05, 4.69) is 10.6 Å². The summed E-state index contributed by atoms with van der Waals surface area (Å²) in [5.74, 6) is 0.664. The Labute approximate surface area is 230 Å². The van der Waals surface area contributed by atoms with Crippen molar-refractivity contribution >= 4 is 22.6 Å². The molecule has 0 saturated carbocycles. The highest BCUT2D eigenvalue weighted by atomic mass is 35.5. The van der Waals surface area contributed by atoms with Gasteiger partial charge in [0.15, 0.2) is 0 Å². The minimum atomic E-state index is -0.426. The number of imidazole rings is 1. The number of para-hydroxylation sites is 2. The second-order valence-electron chi connectivity index (χ2n) is 9.81. The molecule has 1 fully saturated rings. The first-order valence-corrected chi connectivity index (χ1v) is 13.4. The SMILES string of the molecule is Fc1cc(Cl)ccc1COc1cccc(-c2ccc(Cc3nc4ccccc4n3C[C@H]3CCCO3)cc2F)c1. The molecule has 1 aliphatic heterocycles. The van der Waals surface area contributed by atoms with Gasteiger partial charge in [-0.25, -0.2) is 13.8 Å². The lowest BCUT2D eigenvalue weighted by atomic mass is 10.0. The monoisotopic (exact) mass is 544 g/mol. The van der Waals surface area contributed by atoms with Crippen LogP contribution in [0.3, 0.4) is 0 Å². The first-order chi connectivity index (χ1) is 19.0. The van der Waals surface area contributed by atoms with E-state index in [0.717, 1.165) is 48.4 Å². The molecule has 1 aromatic heterocycles. The zero-order valence-corrected chi connectivity index (χ0v) is 22.0. The van der Waals surface area contributed by atoms with Crippen molar-refractivity contribution in [3.8, 4) is 16.9 Å². The third-order valence-electron chi connectivity index (χ3n) is 7.09. The summed E-state index contributed by atoms with van der Waals surface area (Å²) < 4.78 is 43.4. The van der Waals surface area contributed by atoms with Gasteiger partial charge in [0.05, 0.1) is 23.7 Å². The maximum Gasteiger partial charge on any atom is 0.131 e. The van der Waals surface area contributed by atoms with E-state index in [-0.39, 0.29) is 18.5 Å². The highest BCUT2D eigenvalue weighted by Gasteiger charge is 2.20. The van der Waals surface area contributed by atoms with Crippen LogP contribution in [0, 0.1) is 11.6 Å². The standard InChI is InChI=1S/C32H27ClF2N2O2/c33-24-12-11-23(28(34)18-24)20-39-25-6-3-5-22(17-25)27-13-10-21(15-29(27)35)16-32-36-30-8-1-2-9-31(30)37(32)19-26-7-4-14-38-26/h1-3,5-6,8-13,15,17-18,26H,4,7,14,16,19-20H2/t26-/m1/s1. The first kappa shape index (κ1) is 25.5. The van der Waals surface area contributed by atoms with Gasteiger partial charge < -0.3 is 14.0 Å². The topological polar surface area (TPSA) is 36.3 Å². The van der Waals surface area contributed by atoms with Crippen molar-refractivity contribution in [1.29, 1.82) is 0 Å². The Morgan fingerprint density at radius 3 is 2.67 bits per heavy atom. The zero-order chi connectivity index (χ0) is 26.8. The Morgan fingerprint density at radius 1 is 0.949 bits per heavy atom. The Bertz CT molecular complexity index is 1630. The summed E-state index contributed by atoms with van der Waals surface area (Å²) in [5.41, 5.74) is 4.37. The highest BCUT2D eigenvalue weighted by molar-refractivity contribution is 6.30. The fraction of sp³-hybridized carbons (Fsp3) is 0.219. The summed E-state index contributed by atoms with van der Waals surface area (Å²) in [6.07, 6.45) is 2.79. The fourth-order valence-electron chi connectivity index (χ4n) is 5.09. The average molecular weight is 545 g/mol. The van der Waals surface area contributed by atoms with E-state index in [1.165, 1.54) is 6.07 Å². The van der Waals surface area contributed by atoms with E-state index >= 15 is 4.39 Å². The van der Waals surface area contributed by atoms with Gasteiger partial charge in [-0.05, 0) is 66.4 Å². The zero-order valence-electron chi connectivity index (χ0n) is 21.2. The highest BCUT2D eigenvalue weighted by Crippen LogP contribution is 2.29. The van der Waals surface area contributed by atoms with E-state index in [0.29, 0.717) is 33.9 Å². The van der Waals surface area contributed by atoms with Gasteiger partial charge in [-0.1, -0.05) is 54.1 Å². The molecule has 0 N–H and O–H groups in total. The van der Waals surface area contributed by atoms with Crippen LogP contribution in [0.5, 0.6) is 5.75 Å². The van der Waals surface area contributed by atoms with E-state index in [1.54, 1.807) is 42.5 Å². The Kier molecular flexibility index (Phi) is 7.31. The molecule has 0 spiro atoms. The van der Waals surface area contributed by atoms with Crippen molar-refractivity contribution in [3.63, 3.8) is 0 Å². The van der Waals surface area contributed by atoms with Crippen molar-refractivity contribution < 1.29 is 18.3 Å². The largest absolute Gasteiger partial charge is 0.489 e. The predicted molar refractivity (Wildman–Crippen MR) is 149 cm³/mol. The number of ether oxygens (including phenoxy) is 2. The maximum absolute atomic E-state index is 15.4. The molecule has 6 rings (SSSR count). The van der Waals surface area contributed by atoms with E-state index in [4.69, 9.17) is 26.1 Å². The summed E-state index contributed by atoms with van der Waals surface area (Å²) in [4.78, 5) is 4.86. The van der Waals surface area contributed by atoms with Gasteiger partial charge in [0.2, 0.25) is 0 Å². The van der Waals surface area contributed by atoms with Crippen molar-refractivity contribution in [2.45, 2.75) is 38.5 Å². The molecular formula is C32H27ClF2N2O2. The molecule has 0 unspecified atom stereocenters. The molecule has 0 radical (unpaired) electrons. The molecule has 0 aliphatic carbocycles. The molecular weight excluding hydrogens is 518 g/mol. The quantitative estimate of drug-likeness (QED) is 0.199. The van der Waals surface area contributed by atoms with Gasteiger partial charge in [0.25, 0.3) is 0 Å². The van der Waals surface area contributed by atoms with Crippen LogP contribution in [0.1, 0.15) is 29.8 Å². The van der Waals surface area contributed by atoms with E-state index in [1.807, 2.05) is 30.3 Å². The number of nitrogens with zero attached hydrogens (tertiary/aromatic N) is 2. The molecule has 0 amide bonds. The molecule has 5 aromatic rings. The van der Waals surface area contributed by atoms with Gasteiger partial charge in [-0.15, -0.1) is 0 Å². The van der Waals surface area contributed by atoms with Crippen LogP contribution in [0.15, 0.2) is 84.9 Å².